The van der Waals surface area contributed by atoms with Gasteiger partial charge in [-0.3, -0.25) is 20.2 Å². The molecule has 2 aromatic rings. The van der Waals surface area contributed by atoms with E-state index in [1.807, 2.05) is 13.8 Å². The van der Waals surface area contributed by atoms with Crippen LogP contribution in [-0.2, 0) is 0 Å². The number of nitro groups is 1. The van der Waals surface area contributed by atoms with E-state index in [2.05, 4.69) is 10.6 Å². The lowest BCUT2D eigenvalue weighted by molar-refractivity contribution is -0.383. The molecule has 0 atom stereocenters. The lowest BCUT2D eigenvalue weighted by Gasteiger charge is -2.12. The van der Waals surface area contributed by atoms with Gasteiger partial charge >= 0.3 is 0 Å². The number of ether oxygens (including phenoxy) is 1. The fourth-order valence-electron chi connectivity index (χ4n) is 2.08. The Balaban J connectivity index is 2.05. The summed E-state index contributed by atoms with van der Waals surface area (Å²) >= 11 is 10.9. The zero-order valence-corrected chi connectivity index (χ0v) is 16.3. The molecule has 2 N–H and O–H groups in total. The van der Waals surface area contributed by atoms with Crippen molar-refractivity contribution in [3.8, 4) is 5.75 Å². The van der Waals surface area contributed by atoms with Crippen LogP contribution in [0.2, 0.25) is 5.02 Å². The molecule has 2 aromatic carbocycles. The maximum atomic E-state index is 12.4. The first-order valence-corrected chi connectivity index (χ1v) is 8.84. The molecule has 27 heavy (non-hydrogen) atoms. The van der Waals surface area contributed by atoms with Crippen molar-refractivity contribution >= 4 is 46.2 Å². The molecule has 0 radical (unpaired) electrons. The fraction of sp³-hybridized carbons (Fsp3) is 0.222. The quantitative estimate of drug-likeness (QED) is 0.418. The summed E-state index contributed by atoms with van der Waals surface area (Å²) in [4.78, 5) is 22.9. The van der Waals surface area contributed by atoms with Gasteiger partial charge in [0, 0.05) is 16.7 Å². The van der Waals surface area contributed by atoms with Crippen molar-refractivity contribution in [2.24, 2.45) is 5.92 Å². The molecule has 0 fully saturated rings. The number of carbonyl (C=O) groups excluding carboxylic acids is 1. The Kier molecular flexibility index (Phi) is 7.09. The Labute approximate surface area is 166 Å². The number of rotatable bonds is 6. The molecular weight excluding hydrogens is 390 g/mol. The van der Waals surface area contributed by atoms with Gasteiger partial charge in [-0.25, -0.2) is 0 Å². The maximum Gasteiger partial charge on any atom is 0.294 e. The van der Waals surface area contributed by atoms with Crippen LogP contribution < -0.4 is 15.4 Å². The van der Waals surface area contributed by atoms with Gasteiger partial charge in [-0.15, -0.1) is 0 Å². The Morgan fingerprint density at radius 1 is 1.30 bits per heavy atom. The minimum absolute atomic E-state index is 0.0704. The summed E-state index contributed by atoms with van der Waals surface area (Å²) in [5, 5.41) is 16.4. The number of nitrogens with one attached hydrogen (secondary N) is 2. The van der Waals surface area contributed by atoms with Gasteiger partial charge in [0.05, 0.1) is 11.5 Å². The Morgan fingerprint density at radius 2 is 2.04 bits per heavy atom. The molecule has 0 aliphatic carbocycles. The van der Waals surface area contributed by atoms with Gasteiger partial charge in [-0.2, -0.15) is 0 Å². The van der Waals surface area contributed by atoms with Crippen LogP contribution in [0.15, 0.2) is 42.5 Å². The van der Waals surface area contributed by atoms with Gasteiger partial charge in [-0.05, 0) is 48.5 Å². The third-order valence-electron chi connectivity index (χ3n) is 3.31. The molecule has 7 nitrogen and oxygen atoms in total. The Hall–Kier alpha value is -2.71. The number of halogens is 1. The number of amides is 1. The molecule has 1 amide bonds. The molecule has 0 bridgehead atoms. The normalized spacial score (nSPS) is 10.4. The lowest BCUT2D eigenvalue weighted by atomic mass is 10.2. The van der Waals surface area contributed by atoms with Crippen LogP contribution in [0.3, 0.4) is 0 Å². The highest BCUT2D eigenvalue weighted by atomic mass is 35.5. The first kappa shape index (κ1) is 20.6. The maximum absolute atomic E-state index is 12.4. The molecule has 0 aliphatic rings. The predicted octanol–water partition coefficient (Wildman–Crippen LogP) is 4.41. The summed E-state index contributed by atoms with van der Waals surface area (Å²) in [7, 11) is 0. The van der Waals surface area contributed by atoms with E-state index in [1.54, 1.807) is 24.3 Å². The van der Waals surface area contributed by atoms with Crippen molar-refractivity contribution in [3.05, 3.63) is 63.2 Å². The average molecular weight is 408 g/mol. The molecule has 0 spiro atoms. The van der Waals surface area contributed by atoms with Crippen LogP contribution >= 0.6 is 23.8 Å². The van der Waals surface area contributed by atoms with Crippen molar-refractivity contribution < 1.29 is 14.5 Å². The second-order valence-corrected chi connectivity index (χ2v) is 6.90. The highest BCUT2D eigenvalue weighted by Gasteiger charge is 2.16. The first-order chi connectivity index (χ1) is 12.8. The SMILES string of the molecule is CC(C)COc1cccc(C(=O)NC(=S)Nc2ccc(Cl)cc2[N+](=O)[O-])c1. The molecule has 9 heteroatoms. The van der Waals surface area contributed by atoms with Gasteiger partial charge in [-0.1, -0.05) is 31.5 Å². The summed E-state index contributed by atoms with van der Waals surface area (Å²) in [6, 6.07) is 10.8. The second kappa shape index (κ2) is 9.29. The standard InChI is InChI=1S/C18H18ClN3O4S/c1-11(2)10-26-14-5-3-4-12(8-14)17(23)21-18(27)20-15-7-6-13(19)9-16(15)22(24)25/h3-9,11H,10H2,1-2H3,(H2,20,21,23,27). The molecule has 0 aromatic heterocycles. The Bertz CT molecular complexity index is 873. The predicted molar refractivity (Wildman–Crippen MR) is 109 cm³/mol. The van der Waals surface area contributed by atoms with Crippen LogP contribution in [-0.4, -0.2) is 22.5 Å². The van der Waals surface area contributed by atoms with Crippen molar-refractivity contribution in [1.82, 2.24) is 5.32 Å². The third kappa shape index (κ3) is 6.19. The lowest BCUT2D eigenvalue weighted by Crippen LogP contribution is -2.34. The van der Waals surface area contributed by atoms with Crippen molar-refractivity contribution in [1.29, 1.82) is 0 Å². The van der Waals surface area contributed by atoms with Crippen LogP contribution in [0.5, 0.6) is 5.75 Å². The van der Waals surface area contributed by atoms with Gasteiger partial charge in [0.1, 0.15) is 11.4 Å². The highest BCUT2D eigenvalue weighted by molar-refractivity contribution is 7.80. The number of anilines is 1. The van der Waals surface area contributed by atoms with Gasteiger partial charge in [0.15, 0.2) is 5.11 Å². The van der Waals surface area contributed by atoms with E-state index in [0.717, 1.165) is 0 Å². The Morgan fingerprint density at radius 3 is 2.70 bits per heavy atom. The number of hydrogen-bond donors (Lipinski definition) is 2. The van der Waals surface area contributed by atoms with E-state index >= 15 is 0 Å². The number of carbonyl (C=O) groups is 1. The summed E-state index contributed by atoms with van der Waals surface area (Å²) in [6.07, 6.45) is 0. The van der Waals surface area contributed by atoms with Gasteiger partial charge in [0.2, 0.25) is 0 Å². The van der Waals surface area contributed by atoms with E-state index in [9.17, 15) is 14.9 Å². The molecule has 0 aliphatic heterocycles. The van der Waals surface area contributed by atoms with Crippen LogP contribution in [0.1, 0.15) is 24.2 Å². The molecule has 0 saturated heterocycles. The van der Waals surface area contributed by atoms with Crippen LogP contribution in [0.4, 0.5) is 11.4 Å². The summed E-state index contributed by atoms with van der Waals surface area (Å²) < 4.78 is 5.60. The topological polar surface area (TPSA) is 93.5 Å². The largest absolute Gasteiger partial charge is 0.493 e. The van der Waals surface area contributed by atoms with E-state index in [0.29, 0.717) is 23.8 Å². The molecule has 0 heterocycles. The molecule has 0 saturated carbocycles. The minimum atomic E-state index is -0.589. The molecule has 0 unspecified atom stereocenters. The fourth-order valence-corrected chi connectivity index (χ4v) is 2.45. The van der Waals surface area contributed by atoms with Crippen LogP contribution in [0, 0.1) is 16.0 Å². The molecular formula is C18H18ClN3O4S. The van der Waals surface area contributed by atoms with E-state index < -0.39 is 10.8 Å². The highest BCUT2D eigenvalue weighted by Crippen LogP contribution is 2.27. The van der Waals surface area contributed by atoms with Crippen molar-refractivity contribution in [3.63, 3.8) is 0 Å². The molecule has 142 valence electrons. The number of benzene rings is 2. The number of nitro benzene ring substituents is 1. The summed E-state index contributed by atoms with van der Waals surface area (Å²) in [5.41, 5.74) is 0.234. The number of hydrogen-bond acceptors (Lipinski definition) is 5. The van der Waals surface area contributed by atoms with Crippen molar-refractivity contribution in [2.75, 3.05) is 11.9 Å². The van der Waals surface area contributed by atoms with Gasteiger partial charge < -0.3 is 10.1 Å². The van der Waals surface area contributed by atoms with E-state index in [-0.39, 0.29) is 21.5 Å². The van der Waals surface area contributed by atoms with Crippen molar-refractivity contribution in [2.45, 2.75) is 13.8 Å². The van der Waals surface area contributed by atoms with Gasteiger partial charge in [0.25, 0.3) is 11.6 Å². The average Bonchev–Trinajstić information content (AvgIpc) is 2.61. The zero-order chi connectivity index (χ0) is 20.0. The molecule has 2 rings (SSSR count). The minimum Gasteiger partial charge on any atom is -0.493 e. The first-order valence-electron chi connectivity index (χ1n) is 8.05. The number of thiocarbonyl (C=S) groups is 1. The smallest absolute Gasteiger partial charge is 0.294 e. The summed E-state index contributed by atoms with van der Waals surface area (Å²) in [5.74, 6) is 0.470. The zero-order valence-electron chi connectivity index (χ0n) is 14.7. The number of nitrogens with zero attached hydrogens (tertiary/aromatic N) is 1. The monoisotopic (exact) mass is 407 g/mol. The second-order valence-electron chi connectivity index (χ2n) is 6.06. The van der Waals surface area contributed by atoms with E-state index in [1.165, 1.54) is 18.2 Å². The third-order valence-corrected chi connectivity index (χ3v) is 3.75. The summed E-state index contributed by atoms with van der Waals surface area (Å²) in [6.45, 7) is 4.58. The van der Waals surface area contributed by atoms with E-state index in [4.69, 9.17) is 28.6 Å². The van der Waals surface area contributed by atoms with Crippen LogP contribution in [0.25, 0.3) is 0 Å².